The molecule has 1 aromatic carbocycles. The molecule has 0 bridgehead atoms. The van der Waals surface area contributed by atoms with Crippen LogP contribution in [0, 0.1) is 0 Å². The van der Waals surface area contributed by atoms with Crippen LogP contribution in [0.3, 0.4) is 0 Å². The van der Waals surface area contributed by atoms with Gasteiger partial charge in [0.25, 0.3) is 0 Å². The van der Waals surface area contributed by atoms with Gasteiger partial charge in [-0.1, -0.05) is 37.3 Å². The molecule has 2 N–H and O–H groups in total. The predicted molar refractivity (Wildman–Crippen MR) is 80.7 cm³/mol. The predicted octanol–water partition coefficient (Wildman–Crippen LogP) is 2.82. The van der Waals surface area contributed by atoms with Crippen LogP contribution in [0.4, 0.5) is 4.79 Å². The molecule has 0 fully saturated rings. The number of carbonyl (C=O) groups is 1. The van der Waals surface area contributed by atoms with Gasteiger partial charge in [-0.15, -0.1) is 0 Å². The number of aliphatic hydroxyl groups excluding tert-OH is 1. The van der Waals surface area contributed by atoms with Crippen LogP contribution in [0.15, 0.2) is 30.3 Å². The molecule has 0 aliphatic carbocycles. The summed E-state index contributed by atoms with van der Waals surface area (Å²) in [5, 5.41) is 12.6. The minimum atomic E-state index is -1.14. The van der Waals surface area contributed by atoms with Crippen molar-refractivity contribution in [1.82, 2.24) is 5.32 Å². The van der Waals surface area contributed by atoms with E-state index in [4.69, 9.17) is 9.47 Å². The van der Waals surface area contributed by atoms with Gasteiger partial charge in [-0.25, -0.2) is 4.79 Å². The smallest absolute Gasteiger partial charge is 0.407 e. The molecule has 2 atom stereocenters. The fraction of sp³-hybridized carbons (Fsp3) is 0.562. The summed E-state index contributed by atoms with van der Waals surface area (Å²) in [5.41, 5.74) is 0.477. The zero-order chi connectivity index (χ0) is 15.9. The van der Waals surface area contributed by atoms with Gasteiger partial charge in [0.05, 0.1) is 5.60 Å². The van der Waals surface area contributed by atoms with Gasteiger partial charge in [-0.3, -0.25) is 0 Å². The lowest BCUT2D eigenvalue weighted by atomic mass is 10.2. The molecule has 118 valence electrons. The van der Waals surface area contributed by atoms with Crippen molar-refractivity contribution < 1.29 is 19.4 Å². The molecule has 0 spiro atoms. The van der Waals surface area contributed by atoms with E-state index in [1.54, 1.807) is 0 Å². The lowest BCUT2D eigenvalue weighted by molar-refractivity contribution is -0.210. The molecule has 0 aromatic heterocycles. The maximum atomic E-state index is 11.8. The van der Waals surface area contributed by atoms with Gasteiger partial charge in [-0.05, 0) is 32.8 Å². The second kappa shape index (κ2) is 8.00. The molecule has 0 radical (unpaired) electrons. The largest absolute Gasteiger partial charge is 0.441 e. The van der Waals surface area contributed by atoms with Crippen molar-refractivity contribution in [2.24, 2.45) is 0 Å². The third-order valence-corrected chi connectivity index (χ3v) is 2.73. The minimum Gasteiger partial charge on any atom is -0.441 e. The Balaban J connectivity index is 2.43. The van der Waals surface area contributed by atoms with Gasteiger partial charge in [0.1, 0.15) is 0 Å². The van der Waals surface area contributed by atoms with Crippen molar-refractivity contribution in [1.29, 1.82) is 0 Å². The molecule has 5 heteroatoms. The standard InChI is InChI=1S/C16H25NO4/c1-5-13(14(18)21-16(2,3)4)20-15(19)17-11-12-9-7-6-8-10-12/h6-10,13-14,18H,5,11H2,1-4H3,(H,17,19)/t13-,14-/m1/s1. The van der Waals surface area contributed by atoms with E-state index < -0.39 is 24.1 Å². The number of alkyl carbamates (subject to hydrolysis) is 1. The molecule has 0 unspecified atom stereocenters. The molecule has 0 saturated heterocycles. The quantitative estimate of drug-likeness (QED) is 0.792. The second-order valence-corrected chi connectivity index (χ2v) is 5.81. The van der Waals surface area contributed by atoms with E-state index in [0.29, 0.717) is 13.0 Å². The summed E-state index contributed by atoms with van der Waals surface area (Å²) in [6.45, 7) is 7.70. The summed E-state index contributed by atoms with van der Waals surface area (Å²) in [4.78, 5) is 11.8. The van der Waals surface area contributed by atoms with E-state index in [2.05, 4.69) is 5.32 Å². The zero-order valence-electron chi connectivity index (χ0n) is 13.1. The molecule has 0 aliphatic heterocycles. The van der Waals surface area contributed by atoms with Gasteiger partial charge in [-0.2, -0.15) is 0 Å². The Bertz CT molecular complexity index is 428. The van der Waals surface area contributed by atoms with Crippen LogP contribution in [0.25, 0.3) is 0 Å². The molecule has 1 aromatic rings. The number of rotatable bonds is 6. The Labute approximate surface area is 126 Å². The van der Waals surface area contributed by atoms with E-state index in [-0.39, 0.29) is 0 Å². The van der Waals surface area contributed by atoms with E-state index in [0.717, 1.165) is 5.56 Å². The van der Waals surface area contributed by atoms with Crippen molar-refractivity contribution in [2.45, 2.75) is 58.7 Å². The SMILES string of the molecule is CC[C@@H](OC(=O)NCc1ccccc1)[C@H](O)OC(C)(C)C. The first-order valence-electron chi connectivity index (χ1n) is 7.16. The monoisotopic (exact) mass is 295 g/mol. The summed E-state index contributed by atoms with van der Waals surface area (Å²) in [6.07, 6.45) is -1.93. The molecule has 0 saturated carbocycles. The molecule has 1 rings (SSSR count). The van der Waals surface area contributed by atoms with E-state index in [9.17, 15) is 9.90 Å². The van der Waals surface area contributed by atoms with Crippen molar-refractivity contribution in [3.05, 3.63) is 35.9 Å². The molecular formula is C16H25NO4. The third-order valence-electron chi connectivity index (χ3n) is 2.73. The van der Waals surface area contributed by atoms with Crippen molar-refractivity contribution in [2.75, 3.05) is 0 Å². The number of hydrogen-bond acceptors (Lipinski definition) is 4. The first-order chi connectivity index (χ1) is 9.81. The summed E-state index contributed by atoms with van der Waals surface area (Å²) in [5.74, 6) is 0. The summed E-state index contributed by atoms with van der Waals surface area (Å²) >= 11 is 0. The molecule has 21 heavy (non-hydrogen) atoms. The highest BCUT2D eigenvalue weighted by atomic mass is 16.7. The highest BCUT2D eigenvalue weighted by Crippen LogP contribution is 2.15. The molecule has 5 nitrogen and oxygen atoms in total. The maximum absolute atomic E-state index is 11.8. The van der Waals surface area contributed by atoms with Gasteiger partial charge in [0.15, 0.2) is 12.4 Å². The summed E-state index contributed by atoms with van der Waals surface area (Å²) in [7, 11) is 0. The van der Waals surface area contributed by atoms with E-state index in [1.807, 2.05) is 58.0 Å². The zero-order valence-corrected chi connectivity index (χ0v) is 13.1. The van der Waals surface area contributed by atoms with Crippen LogP contribution in [0.2, 0.25) is 0 Å². The van der Waals surface area contributed by atoms with Crippen LogP contribution in [0.1, 0.15) is 39.7 Å². The average Bonchev–Trinajstić information content (AvgIpc) is 2.41. The van der Waals surface area contributed by atoms with Crippen LogP contribution in [-0.4, -0.2) is 29.2 Å². The van der Waals surface area contributed by atoms with Crippen LogP contribution < -0.4 is 5.32 Å². The van der Waals surface area contributed by atoms with E-state index >= 15 is 0 Å². The van der Waals surface area contributed by atoms with Gasteiger partial charge in [0.2, 0.25) is 0 Å². The fourth-order valence-electron chi connectivity index (χ4n) is 1.73. The maximum Gasteiger partial charge on any atom is 0.407 e. The van der Waals surface area contributed by atoms with Crippen molar-refractivity contribution in [3.8, 4) is 0 Å². The first-order valence-corrected chi connectivity index (χ1v) is 7.16. The first kappa shape index (κ1) is 17.5. The second-order valence-electron chi connectivity index (χ2n) is 5.81. The van der Waals surface area contributed by atoms with Crippen LogP contribution in [-0.2, 0) is 16.0 Å². The molecule has 0 aliphatic rings. The number of hydrogen-bond donors (Lipinski definition) is 2. The Kier molecular flexibility index (Phi) is 6.65. The van der Waals surface area contributed by atoms with Crippen molar-refractivity contribution >= 4 is 6.09 Å². The Morgan fingerprint density at radius 3 is 2.43 bits per heavy atom. The highest BCUT2D eigenvalue weighted by Gasteiger charge is 2.26. The third kappa shape index (κ3) is 7.11. The lowest BCUT2D eigenvalue weighted by Crippen LogP contribution is -2.40. The van der Waals surface area contributed by atoms with Gasteiger partial charge in [0, 0.05) is 6.54 Å². The number of amides is 1. The van der Waals surface area contributed by atoms with Gasteiger partial charge < -0.3 is 19.9 Å². The topological polar surface area (TPSA) is 67.8 Å². The Morgan fingerprint density at radius 2 is 1.90 bits per heavy atom. The van der Waals surface area contributed by atoms with Gasteiger partial charge >= 0.3 is 6.09 Å². The molecule has 1 amide bonds. The number of ether oxygens (including phenoxy) is 2. The van der Waals surface area contributed by atoms with Crippen LogP contribution in [0.5, 0.6) is 0 Å². The normalized spacial score (nSPS) is 14.3. The Hall–Kier alpha value is -1.59. The molecule has 0 heterocycles. The number of benzene rings is 1. The Morgan fingerprint density at radius 1 is 1.29 bits per heavy atom. The summed E-state index contributed by atoms with van der Waals surface area (Å²) < 4.78 is 10.6. The number of carbonyl (C=O) groups excluding carboxylic acids is 1. The summed E-state index contributed by atoms with van der Waals surface area (Å²) in [6, 6.07) is 9.54. The average molecular weight is 295 g/mol. The van der Waals surface area contributed by atoms with Crippen LogP contribution >= 0.6 is 0 Å². The molecular weight excluding hydrogens is 270 g/mol. The number of aliphatic hydroxyl groups is 1. The lowest BCUT2D eigenvalue weighted by Gasteiger charge is -2.28. The minimum absolute atomic E-state index is 0.381. The van der Waals surface area contributed by atoms with E-state index in [1.165, 1.54) is 0 Å². The fourth-order valence-corrected chi connectivity index (χ4v) is 1.73. The van der Waals surface area contributed by atoms with Crippen molar-refractivity contribution in [3.63, 3.8) is 0 Å². The highest BCUT2D eigenvalue weighted by molar-refractivity contribution is 5.67. The number of nitrogens with one attached hydrogen (secondary N) is 1.